The molecule has 0 aliphatic carbocycles. The lowest BCUT2D eigenvalue weighted by Gasteiger charge is -2.07. The fraction of sp³-hybridized carbons (Fsp3) is 0.150. The van der Waals surface area contributed by atoms with Crippen LogP contribution in [0.2, 0.25) is 0 Å². The average molecular weight is 348 g/mol. The lowest BCUT2D eigenvalue weighted by molar-refractivity contribution is 0.0701. The first-order valence-corrected chi connectivity index (χ1v) is 8.69. The summed E-state index contributed by atoms with van der Waals surface area (Å²) in [6, 6.07) is 15.9. The van der Waals surface area contributed by atoms with Crippen molar-refractivity contribution in [1.82, 2.24) is 4.98 Å². The van der Waals surface area contributed by atoms with Gasteiger partial charge in [-0.25, -0.2) is 9.78 Å². The molecule has 5 heteroatoms. The number of aryl methyl sites for hydroxylation is 2. The second kappa shape index (κ2) is 6.88. The van der Waals surface area contributed by atoms with Gasteiger partial charge in [0.2, 0.25) is 0 Å². The van der Waals surface area contributed by atoms with Gasteiger partial charge in [-0.15, -0.1) is 11.3 Å². The number of carboxylic acid groups (broad SMARTS) is 1. The number of carboxylic acids is 1. The van der Waals surface area contributed by atoms with Crippen molar-refractivity contribution < 1.29 is 9.90 Å². The van der Waals surface area contributed by atoms with Crippen LogP contribution in [-0.4, -0.2) is 16.1 Å². The van der Waals surface area contributed by atoms with E-state index in [1.807, 2.05) is 24.3 Å². The molecule has 1 aromatic heterocycles. The normalized spacial score (nSPS) is 10.4. The maximum Gasteiger partial charge on any atom is 0.347 e. The summed E-state index contributed by atoms with van der Waals surface area (Å²) in [5, 5.41) is 19.3. The van der Waals surface area contributed by atoms with E-state index in [9.17, 15) is 15.2 Å². The van der Waals surface area contributed by atoms with Gasteiger partial charge in [0, 0.05) is 5.56 Å². The van der Waals surface area contributed by atoms with Crippen molar-refractivity contribution in [3.05, 3.63) is 64.2 Å². The Bertz CT molecular complexity index is 982. The summed E-state index contributed by atoms with van der Waals surface area (Å²) in [5.41, 5.74) is 4.89. The molecule has 0 aliphatic rings. The van der Waals surface area contributed by atoms with Crippen LogP contribution < -0.4 is 0 Å². The second-order valence-electron chi connectivity index (χ2n) is 5.66. The van der Waals surface area contributed by atoms with Gasteiger partial charge in [-0.2, -0.15) is 5.26 Å². The van der Waals surface area contributed by atoms with Crippen LogP contribution in [-0.2, 0) is 6.42 Å². The minimum absolute atomic E-state index is 0.229. The molecule has 0 bridgehead atoms. The Morgan fingerprint density at radius 3 is 2.44 bits per heavy atom. The lowest BCUT2D eigenvalue weighted by atomic mass is 9.97. The largest absolute Gasteiger partial charge is 0.477 e. The van der Waals surface area contributed by atoms with Gasteiger partial charge in [0.05, 0.1) is 17.3 Å². The van der Waals surface area contributed by atoms with Crippen LogP contribution in [0.25, 0.3) is 21.7 Å². The molecule has 0 amide bonds. The molecule has 0 radical (unpaired) electrons. The molecule has 25 heavy (non-hydrogen) atoms. The van der Waals surface area contributed by atoms with E-state index in [4.69, 9.17) is 0 Å². The van der Waals surface area contributed by atoms with E-state index in [-0.39, 0.29) is 4.88 Å². The number of aromatic nitrogens is 1. The number of hydrogen-bond acceptors (Lipinski definition) is 4. The predicted molar refractivity (Wildman–Crippen MR) is 98.8 cm³/mol. The van der Waals surface area contributed by atoms with Crippen molar-refractivity contribution in [2.45, 2.75) is 20.3 Å². The molecule has 3 rings (SSSR count). The summed E-state index contributed by atoms with van der Waals surface area (Å²) in [5.74, 6) is -0.977. The Kier molecular flexibility index (Phi) is 4.64. The lowest BCUT2D eigenvalue weighted by Crippen LogP contribution is -1.94. The zero-order chi connectivity index (χ0) is 18.0. The number of aromatic carboxylic acids is 1. The molecule has 0 atom stereocenters. The quantitative estimate of drug-likeness (QED) is 0.726. The topological polar surface area (TPSA) is 74.0 Å². The summed E-state index contributed by atoms with van der Waals surface area (Å²) >= 11 is 1.13. The van der Waals surface area contributed by atoms with Gasteiger partial charge >= 0.3 is 5.97 Å². The zero-order valence-corrected chi connectivity index (χ0v) is 14.7. The molecule has 0 saturated carbocycles. The van der Waals surface area contributed by atoms with Gasteiger partial charge in [-0.1, -0.05) is 43.3 Å². The van der Waals surface area contributed by atoms with Crippen LogP contribution in [0.1, 0.15) is 33.4 Å². The summed E-state index contributed by atoms with van der Waals surface area (Å²) in [7, 11) is 0. The zero-order valence-electron chi connectivity index (χ0n) is 13.9. The van der Waals surface area contributed by atoms with Crippen molar-refractivity contribution in [3.8, 4) is 27.8 Å². The highest BCUT2D eigenvalue weighted by atomic mass is 32.1. The number of rotatable bonds is 4. The third kappa shape index (κ3) is 3.30. The maximum absolute atomic E-state index is 11.2. The molecule has 1 N–H and O–H groups in total. The van der Waals surface area contributed by atoms with Gasteiger partial charge in [-0.3, -0.25) is 0 Å². The third-order valence-electron chi connectivity index (χ3n) is 4.05. The molecular formula is C20H16N2O2S. The first-order chi connectivity index (χ1) is 12.0. The number of hydrogen-bond donors (Lipinski definition) is 1. The summed E-state index contributed by atoms with van der Waals surface area (Å²) < 4.78 is 0. The number of benzene rings is 2. The molecular weight excluding hydrogens is 332 g/mol. The Morgan fingerprint density at radius 2 is 1.88 bits per heavy atom. The fourth-order valence-corrected chi connectivity index (χ4v) is 3.56. The van der Waals surface area contributed by atoms with E-state index in [1.165, 1.54) is 5.56 Å². The summed E-state index contributed by atoms with van der Waals surface area (Å²) in [6.45, 7) is 3.78. The monoisotopic (exact) mass is 348 g/mol. The fourth-order valence-electron chi connectivity index (χ4n) is 2.66. The van der Waals surface area contributed by atoms with E-state index < -0.39 is 5.97 Å². The Hall–Kier alpha value is -2.97. The van der Waals surface area contributed by atoms with Gasteiger partial charge in [0.25, 0.3) is 0 Å². The van der Waals surface area contributed by atoms with Gasteiger partial charge in [-0.05, 0) is 36.1 Å². The Balaban J connectivity index is 2.04. The first kappa shape index (κ1) is 16.9. The highest BCUT2D eigenvalue weighted by Gasteiger charge is 2.16. The molecule has 0 saturated heterocycles. The number of carbonyl (C=O) groups is 1. The second-order valence-corrected chi connectivity index (χ2v) is 6.66. The maximum atomic E-state index is 11.2. The van der Waals surface area contributed by atoms with E-state index in [2.05, 4.69) is 30.1 Å². The van der Waals surface area contributed by atoms with Crippen molar-refractivity contribution in [3.63, 3.8) is 0 Å². The minimum Gasteiger partial charge on any atom is -0.477 e. The molecule has 2 aromatic carbocycles. The van der Waals surface area contributed by atoms with E-state index in [0.717, 1.165) is 34.4 Å². The molecule has 1 heterocycles. The van der Waals surface area contributed by atoms with Crippen LogP contribution >= 0.6 is 11.3 Å². The summed E-state index contributed by atoms with van der Waals surface area (Å²) in [4.78, 5) is 15.8. The minimum atomic E-state index is -0.977. The third-order valence-corrected chi connectivity index (χ3v) is 5.25. The van der Waals surface area contributed by atoms with Crippen LogP contribution in [0.4, 0.5) is 0 Å². The number of nitrogens with zero attached hydrogens (tertiary/aromatic N) is 2. The highest BCUT2D eigenvalue weighted by Crippen LogP contribution is 2.32. The predicted octanol–water partition coefficient (Wildman–Crippen LogP) is 4.92. The Labute approximate surface area is 150 Å². The van der Waals surface area contributed by atoms with E-state index >= 15 is 0 Å². The number of nitriles is 1. The van der Waals surface area contributed by atoms with Crippen LogP contribution in [0.3, 0.4) is 0 Å². The van der Waals surface area contributed by atoms with E-state index in [0.29, 0.717) is 16.3 Å². The summed E-state index contributed by atoms with van der Waals surface area (Å²) in [6.07, 6.45) is 0.972. The van der Waals surface area contributed by atoms with Gasteiger partial charge in [0.15, 0.2) is 0 Å². The van der Waals surface area contributed by atoms with Crippen LogP contribution in [0.5, 0.6) is 0 Å². The molecule has 0 fully saturated rings. The van der Waals surface area contributed by atoms with Gasteiger partial charge in [0.1, 0.15) is 9.88 Å². The molecule has 0 aliphatic heterocycles. The standard InChI is InChI=1S/C20H16N2O2S/c1-3-13-4-6-14(7-5-13)17-9-8-15(10-16(17)11-21)19-22-12(2)18(25-19)20(23)24/h4-10H,3H2,1-2H3,(H,23,24). The SMILES string of the molecule is CCc1ccc(-c2ccc(-c3nc(C)c(C(=O)O)s3)cc2C#N)cc1. The molecule has 124 valence electrons. The molecule has 4 nitrogen and oxygen atoms in total. The number of thiazole rings is 1. The van der Waals surface area contributed by atoms with Crippen molar-refractivity contribution in [1.29, 1.82) is 5.26 Å². The van der Waals surface area contributed by atoms with Crippen molar-refractivity contribution in [2.75, 3.05) is 0 Å². The van der Waals surface area contributed by atoms with Crippen LogP contribution in [0, 0.1) is 18.3 Å². The molecule has 0 spiro atoms. The smallest absolute Gasteiger partial charge is 0.347 e. The van der Waals surface area contributed by atoms with Crippen LogP contribution in [0.15, 0.2) is 42.5 Å². The molecule has 0 unspecified atom stereocenters. The average Bonchev–Trinajstić information content (AvgIpc) is 3.03. The van der Waals surface area contributed by atoms with E-state index in [1.54, 1.807) is 13.0 Å². The Morgan fingerprint density at radius 1 is 1.20 bits per heavy atom. The van der Waals surface area contributed by atoms with Crippen molar-refractivity contribution in [2.24, 2.45) is 0 Å². The van der Waals surface area contributed by atoms with Crippen molar-refractivity contribution >= 4 is 17.3 Å². The first-order valence-electron chi connectivity index (χ1n) is 7.88. The molecule has 3 aromatic rings. The highest BCUT2D eigenvalue weighted by molar-refractivity contribution is 7.17. The van der Waals surface area contributed by atoms with Gasteiger partial charge < -0.3 is 5.11 Å².